The van der Waals surface area contributed by atoms with Gasteiger partial charge in [-0.2, -0.15) is 5.10 Å². The summed E-state index contributed by atoms with van der Waals surface area (Å²) in [5.41, 5.74) is 2.31. The monoisotopic (exact) mass is 309 g/mol. The molecule has 7 heteroatoms. The van der Waals surface area contributed by atoms with E-state index in [2.05, 4.69) is 15.4 Å². The first kappa shape index (κ1) is 14.7. The molecule has 0 bridgehead atoms. The first-order valence-corrected chi connectivity index (χ1v) is 7.15. The van der Waals surface area contributed by atoms with Gasteiger partial charge in [-0.1, -0.05) is 42.5 Å². The highest BCUT2D eigenvalue weighted by Gasteiger charge is 2.17. The fraction of sp³-hybridized carbons (Fsp3) is 0.125. The van der Waals surface area contributed by atoms with Crippen molar-refractivity contribution in [3.63, 3.8) is 0 Å². The Hall–Kier alpha value is -3.22. The molecule has 2 aromatic carbocycles. The lowest BCUT2D eigenvalue weighted by atomic mass is 10.0. The van der Waals surface area contributed by atoms with E-state index in [-0.39, 0.29) is 10.6 Å². The maximum atomic E-state index is 11.3. The van der Waals surface area contributed by atoms with Crippen LogP contribution >= 0.6 is 0 Å². The lowest BCUT2D eigenvalue weighted by molar-refractivity contribution is -0.383. The smallest absolute Gasteiger partial charge is 0.292 e. The molecule has 0 saturated heterocycles. The molecule has 0 aliphatic carbocycles. The average Bonchev–Trinajstić information content (AvgIpc) is 3.09. The van der Waals surface area contributed by atoms with E-state index in [1.165, 1.54) is 12.4 Å². The maximum absolute atomic E-state index is 11.3. The number of para-hydroxylation sites is 1. The van der Waals surface area contributed by atoms with E-state index in [9.17, 15) is 10.1 Å². The van der Waals surface area contributed by atoms with Crippen LogP contribution in [0.5, 0.6) is 0 Å². The highest BCUT2D eigenvalue weighted by Crippen LogP contribution is 2.35. The summed E-state index contributed by atoms with van der Waals surface area (Å²) in [6, 6.07) is 14.7. The minimum atomic E-state index is -0.371. The molecule has 0 fully saturated rings. The largest absolute Gasteiger partial charge is 0.377 e. The van der Waals surface area contributed by atoms with Gasteiger partial charge >= 0.3 is 0 Å². The number of nitrogens with zero attached hydrogens (tertiary/aromatic N) is 4. The van der Waals surface area contributed by atoms with Crippen LogP contribution < -0.4 is 5.32 Å². The van der Waals surface area contributed by atoms with Crippen LogP contribution in [0.15, 0.2) is 61.2 Å². The number of anilines is 1. The van der Waals surface area contributed by atoms with Crippen LogP contribution in [-0.2, 0) is 6.54 Å². The third kappa shape index (κ3) is 3.34. The standard InChI is InChI=1S/C16H15N5O2/c22-21(23)15-8-4-7-14(13-5-2-1-3-6-13)16(15)18-9-10-20-12-17-11-19-20/h1-8,11-12,18H,9-10H2. The Morgan fingerprint density at radius 1 is 1.13 bits per heavy atom. The molecule has 0 unspecified atom stereocenters. The molecular weight excluding hydrogens is 294 g/mol. The summed E-state index contributed by atoms with van der Waals surface area (Å²) in [6.45, 7) is 1.08. The SMILES string of the molecule is O=[N+]([O-])c1cccc(-c2ccccc2)c1NCCn1cncn1. The zero-order valence-electron chi connectivity index (χ0n) is 12.3. The van der Waals surface area contributed by atoms with Gasteiger partial charge in [0.15, 0.2) is 0 Å². The van der Waals surface area contributed by atoms with Crippen molar-refractivity contribution >= 4 is 11.4 Å². The van der Waals surface area contributed by atoms with Crippen molar-refractivity contribution < 1.29 is 4.92 Å². The molecule has 0 aliphatic rings. The molecule has 1 N–H and O–H groups in total. The summed E-state index contributed by atoms with van der Waals surface area (Å²) in [6.07, 6.45) is 3.07. The van der Waals surface area contributed by atoms with Gasteiger partial charge < -0.3 is 5.32 Å². The third-order valence-corrected chi connectivity index (χ3v) is 3.43. The van der Waals surface area contributed by atoms with E-state index in [1.54, 1.807) is 17.1 Å². The van der Waals surface area contributed by atoms with E-state index in [0.29, 0.717) is 18.8 Å². The Morgan fingerprint density at radius 2 is 1.96 bits per heavy atom. The second-order valence-corrected chi connectivity index (χ2v) is 4.91. The number of rotatable bonds is 6. The predicted octanol–water partition coefficient (Wildman–Crippen LogP) is 2.97. The van der Waals surface area contributed by atoms with E-state index < -0.39 is 0 Å². The molecule has 0 atom stereocenters. The Morgan fingerprint density at radius 3 is 2.65 bits per heavy atom. The van der Waals surface area contributed by atoms with Gasteiger partial charge in [0, 0.05) is 18.2 Å². The minimum Gasteiger partial charge on any atom is -0.377 e. The van der Waals surface area contributed by atoms with Crippen molar-refractivity contribution in [1.29, 1.82) is 0 Å². The molecular formula is C16H15N5O2. The van der Waals surface area contributed by atoms with Crippen molar-refractivity contribution in [3.05, 3.63) is 71.3 Å². The van der Waals surface area contributed by atoms with Crippen molar-refractivity contribution in [1.82, 2.24) is 14.8 Å². The van der Waals surface area contributed by atoms with Crippen LogP contribution in [0.1, 0.15) is 0 Å². The van der Waals surface area contributed by atoms with Gasteiger partial charge in [0.05, 0.1) is 11.5 Å². The molecule has 0 aliphatic heterocycles. The third-order valence-electron chi connectivity index (χ3n) is 3.43. The molecule has 7 nitrogen and oxygen atoms in total. The minimum absolute atomic E-state index is 0.0601. The summed E-state index contributed by atoms with van der Waals surface area (Å²) in [5.74, 6) is 0. The second kappa shape index (κ2) is 6.69. The molecule has 116 valence electrons. The first-order chi connectivity index (χ1) is 11.3. The van der Waals surface area contributed by atoms with Crippen LogP contribution in [0.2, 0.25) is 0 Å². The molecule has 1 heterocycles. The molecule has 0 saturated carbocycles. The number of nitro benzene ring substituents is 1. The molecule has 3 rings (SSSR count). The van der Waals surface area contributed by atoms with Crippen LogP contribution in [0.3, 0.4) is 0 Å². The van der Waals surface area contributed by atoms with Gasteiger partial charge in [0.25, 0.3) is 5.69 Å². The second-order valence-electron chi connectivity index (χ2n) is 4.91. The summed E-state index contributed by atoms with van der Waals surface area (Å²) < 4.78 is 1.67. The fourth-order valence-corrected chi connectivity index (χ4v) is 2.38. The fourth-order valence-electron chi connectivity index (χ4n) is 2.38. The summed E-state index contributed by atoms with van der Waals surface area (Å²) in [4.78, 5) is 14.8. The van der Waals surface area contributed by atoms with E-state index in [4.69, 9.17) is 0 Å². The highest BCUT2D eigenvalue weighted by molar-refractivity contribution is 5.84. The van der Waals surface area contributed by atoms with Gasteiger partial charge in [0.1, 0.15) is 18.3 Å². The van der Waals surface area contributed by atoms with Crippen LogP contribution in [0, 0.1) is 10.1 Å². The van der Waals surface area contributed by atoms with Crippen molar-refractivity contribution in [3.8, 4) is 11.1 Å². The Labute approximate surface area is 132 Å². The number of nitrogens with one attached hydrogen (secondary N) is 1. The Balaban J connectivity index is 1.90. The van der Waals surface area contributed by atoms with Crippen LogP contribution in [0.25, 0.3) is 11.1 Å². The zero-order chi connectivity index (χ0) is 16.1. The Kier molecular flexibility index (Phi) is 4.28. The molecule has 0 spiro atoms. The Bertz CT molecular complexity index is 787. The van der Waals surface area contributed by atoms with Crippen molar-refractivity contribution in [2.45, 2.75) is 6.54 Å². The number of hydrogen-bond acceptors (Lipinski definition) is 5. The van der Waals surface area contributed by atoms with E-state index in [1.807, 2.05) is 36.4 Å². The quantitative estimate of drug-likeness (QED) is 0.559. The van der Waals surface area contributed by atoms with Crippen LogP contribution in [0.4, 0.5) is 11.4 Å². The molecule has 3 aromatic rings. The number of benzene rings is 2. The molecule has 0 radical (unpaired) electrons. The maximum Gasteiger partial charge on any atom is 0.292 e. The lowest BCUT2D eigenvalue weighted by Crippen LogP contribution is -2.12. The van der Waals surface area contributed by atoms with E-state index in [0.717, 1.165) is 11.1 Å². The van der Waals surface area contributed by atoms with E-state index >= 15 is 0 Å². The molecule has 23 heavy (non-hydrogen) atoms. The summed E-state index contributed by atoms with van der Waals surface area (Å²) >= 11 is 0. The highest BCUT2D eigenvalue weighted by atomic mass is 16.6. The molecule has 0 amide bonds. The molecule has 1 aromatic heterocycles. The normalized spacial score (nSPS) is 10.4. The predicted molar refractivity (Wildman–Crippen MR) is 87.0 cm³/mol. The number of hydrogen-bond donors (Lipinski definition) is 1. The first-order valence-electron chi connectivity index (χ1n) is 7.15. The van der Waals surface area contributed by atoms with Gasteiger partial charge in [-0.15, -0.1) is 0 Å². The number of nitro groups is 1. The van der Waals surface area contributed by atoms with Gasteiger partial charge in [0.2, 0.25) is 0 Å². The van der Waals surface area contributed by atoms with Gasteiger partial charge in [-0.25, -0.2) is 4.98 Å². The zero-order valence-corrected chi connectivity index (χ0v) is 12.3. The topological polar surface area (TPSA) is 85.9 Å². The van der Waals surface area contributed by atoms with Gasteiger partial charge in [-0.3, -0.25) is 14.8 Å². The van der Waals surface area contributed by atoms with Crippen LogP contribution in [-0.4, -0.2) is 26.2 Å². The summed E-state index contributed by atoms with van der Waals surface area (Å²) in [5, 5.41) is 18.5. The lowest BCUT2D eigenvalue weighted by Gasteiger charge is -2.12. The van der Waals surface area contributed by atoms with Crippen molar-refractivity contribution in [2.75, 3.05) is 11.9 Å². The summed E-state index contributed by atoms with van der Waals surface area (Å²) in [7, 11) is 0. The van der Waals surface area contributed by atoms with Gasteiger partial charge in [-0.05, 0) is 5.56 Å². The number of aromatic nitrogens is 3. The average molecular weight is 309 g/mol. The van der Waals surface area contributed by atoms with Crippen molar-refractivity contribution in [2.24, 2.45) is 0 Å².